The summed E-state index contributed by atoms with van der Waals surface area (Å²) in [5.74, 6) is 0.468. The zero-order valence-corrected chi connectivity index (χ0v) is 14.2. The SMILES string of the molecule is Cc1nc(NC(=S)NCc2ccccc2Cl)c(Cl)cc1Cl. The van der Waals surface area contributed by atoms with Crippen molar-refractivity contribution in [3.8, 4) is 0 Å². The Morgan fingerprint density at radius 2 is 1.86 bits per heavy atom. The molecular weight excluding hydrogens is 349 g/mol. The molecule has 0 radical (unpaired) electrons. The number of hydrogen-bond donors (Lipinski definition) is 2. The number of pyridine rings is 1. The van der Waals surface area contributed by atoms with Crippen molar-refractivity contribution in [1.29, 1.82) is 0 Å². The topological polar surface area (TPSA) is 37.0 Å². The maximum absolute atomic E-state index is 6.08. The smallest absolute Gasteiger partial charge is 0.172 e. The molecule has 0 atom stereocenters. The second-order valence-corrected chi connectivity index (χ2v) is 5.91. The summed E-state index contributed by atoms with van der Waals surface area (Å²) in [6.07, 6.45) is 0. The minimum Gasteiger partial charge on any atom is -0.358 e. The molecule has 0 fully saturated rings. The van der Waals surface area contributed by atoms with Crippen LogP contribution < -0.4 is 10.6 Å². The van der Waals surface area contributed by atoms with Crippen LogP contribution >= 0.6 is 47.0 Å². The van der Waals surface area contributed by atoms with Gasteiger partial charge in [0.05, 0.1) is 15.7 Å². The Bertz CT molecular complexity index is 677. The van der Waals surface area contributed by atoms with Crippen molar-refractivity contribution in [2.45, 2.75) is 13.5 Å². The van der Waals surface area contributed by atoms with E-state index in [0.29, 0.717) is 38.2 Å². The Hall–Kier alpha value is -1.07. The average Bonchev–Trinajstić information content (AvgIpc) is 2.44. The van der Waals surface area contributed by atoms with Gasteiger partial charge in [0.2, 0.25) is 0 Å². The molecule has 2 N–H and O–H groups in total. The first-order valence-electron chi connectivity index (χ1n) is 6.08. The lowest BCUT2D eigenvalue weighted by molar-refractivity contribution is 0.925. The van der Waals surface area contributed by atoms with E-state index in [4.69, 9.17) is 47.0 Å². The summed E-state index contributed by atoms with van der Waals surface area (Å²) < 4.78 is 0. The van der Waals surface area contributed by atoms with Gasteiger partial charge in [-0.3, -0.25) is 0 Å². The summed E-state index contributed by atoms with van der Waals surface area (Å²) in [6.45, 7) is 2.31. The minimum absolute atomic E-state index is 0.408. The molecule has 0 spiro atoms. The van der Waals surface area contributed by atoms with Crippen LogP contribution in [-0.4, -0.2) is 10.1 Å². The summed E-state index contributed by atoms with van der Waals surface area (Å²) in [6, 6.07) is 9.18. The quantitative estimate of drug-likeness (QED) is 0.768. The zero-order chi connectivity index (χ0) is 15.4. The largest absolute Gasteiger partial charge is 0.358 e. The highest BCUT2D eigenvalue weighted by Gasteiger charge is 2.08. The number of anilines is 1. The monoisotopic (exact) mass is 359 g/mol. The van der Waals surface area contributed by atoms with E-state index < -0.39 is 0 Å². The molecule has 3 nitrogen and oxygen atoms in total. The van der Waals surface area contributed by atoms with Crippen molar-refractivity contribution in [2.75, 3.05) is 5.32 Å². The molecule has 0 aliphatic carbocycles. The highest BCUT2D eigenvalue weighted by Crippen LogP contribution is 2.25. The van der Waals surface area contributed by atoms with Crippen LogP contribution in [-0.2, 0) is 6.54 Å². The second-order valence-electron chi connectivity index (χ2n) is 4.29. The van der Waals surface area contributed by atoms with Crippen LogP contribution in [0.4, 0.5) is 5.82 Å². The van der Waals surface area contributed by atoms with E-state index >= 15 is 0 Å². The van der Waals surface area contributed by atoms with E-state index in [2.05, 4.69) is 15.6 Å². The molecule has 110 valence electrons. The third-order valence-electron chi connectivity index (χ3n) is 2.73. The van der Waals surface area contributed by atoms with Crippen molar-refractivity contribution < 1.29 is 0 Å². The molecule has 1 aromatic carbocycles. The van der Waals surface area contributed by atoms with Crippen LogP contribution in [0.25, 0.3) is 0 Å². The molecular formula is C14H12Cl3N3S. The van der Waals surface area contributed by atoms with Gasteiger partial charge in [-0.25, -0.2) is 4.98 Å². The molecule has 2 aromatic rings. The van der Waals surface area contributed by atoms with Crippen molar-refractivity contribution in [3.63, 3.8) is 0 Å². The maximum Gasteiger partial charge on any atom is 0.172 e. The lowest BCUT2D eigenvalue weighted by Crippen LogP contribution is -2.28. The second kappa shape index (κ2) is 7.27. The van der Waals surface area contributed by atoms with Crippen molar-refractivity contribution >= 4 is 58.0 Å². The van der Waals surface area contributed by atoms with Crippen molar-refractivity contribution in [3.05, 3.63) is 56.7 Å². The fourth-order valence-corrected chi connectivity index (χ4v) is 2.39. The average molecular weight is 361 g/mol. The number of thiocarbonyl (C=S) groups is 1. The van der Waals surface area contributed by atoms with Gasteiger partial charge in [0.15, 0.2) is 10.9 Å². The van der Waals surface area contributed by atoms with Crippen LogP contribution in [0.2, 0.25) is 15.1 Å². The van der Waals surface area contributed by atoms with E-state index in [1.54, 1.807) is 13.0 Å². The van der Waals surface area contributed by atoms with Gasteiger partial charge in [0, 0.05) is 11.6 Å². The number of rotatable bonds is 3. The van der Waals surface area contributed by atoms with Gasteiger partial charge in [-0.05, 0) is 36.8 Å². The molecule has 1 aromatic heterocycles. The van der Waals surface area contributed by atoms with E-state index in [9.17, 15) is 0 Å². The Kier molecular flexibility index (Phi) is 5.65. The number of aryl methyl sites for hydroxylation is 1. The van der Waals surface area contributed by atoms with E-state index in [-0.39, 0.29) is 0 Å². The van der Waals surface area contributed by atoms with Gasteiger partial charge >= 0.3 is 0 Å². The predicted molar refractivity (Wildman–Crippen MR) is 93.5 cm³/mol. The molecule has 0 aliphatic heterocycles. The molecule has 0 amide bonds. The first kappa shape index (κ1) is 16.3. The number of halogens is 3. The Balaban J connectivity index is 1.99. The number of nitrogens with zero attached hydrogens (tertiary/aromatic N) is 1. The minimum atomic E-state index is 0.408. The molecule has 0 bridgehead atoms. The summed E-state index contributed by atoms with van der Waals surface area (Å²) in [4.78, 5) is 4.26. The zero-order valence-electron chi connectivity index (χ0n) is 11.1. The molecule has 0 saturated heterocycles. The first-order valence-corrected chi connectivity index (χ1v) is 7.62. The van der Waals surface area contributed by atoms with Gasteiger partial charge < -0.3 is 10.6 Å². The Morgan fingerprint density at radius 1 is 1.14 bits per heavy atom. The van der Waals surface area contributed by atoms with Crippen LogP contribution in [0.5, 0.6) is 0 Å². The summed E-state index contributed by atoms with van der Waals surface area (Å²) in [7, 11) is 0. The summed E-state index contributed by atoms with van der Waals surface area (Å²) in [5.41, 5.74) is 1.63. The van der Waals surface area contributed by atoms with Crippen LogP contribution in [0, 0.1) is 6.92 Å². The molecule has 0 aliphatic rings. The van der Waals surface area contributed by atoms with Gasteiger partial charge in [-0.2, -0.15) is 0 Å². The van der Waals surface area contributed by atoms with Crippen molar-refractivity contribution in [1.82, 2.24) is 10.3 Å². The van der Waals surface area contributed by atoms with Gasteiger partial charge in [-0.1, -0.05) is 53.0 Å². The van der Waals surface area contributed by atoms with Gasteiger partial charge in [0.25, 0.3) is 0 Å². The highest BCUT2D eigenvalue weighted by atomic mass is 35.5. The van der Waals surface area contributed by atoms with Crippen LogP contribution in [0.15, 0.2) is 30.3 Å². The fraction of sp³-hybridized carbons (Fsp3) is 0.143. The highest BCUT2D eigenvalue weighted by molar-refractivity contribution is 7.80. The summed E-state index contributed by atoms with van der Waals surface area (Å²) >= 11 is 23.3. The molecule has 7 heteroatoms. The predicted octanol–water partition coefficient (Wildman–Crippen LogP) is 4.84. The number of nitrogens with one attached hydrogen (secondary N) is 2. The van der Waals surface area contributed by atoms with Gasteiger partial charge in [-0.15, -0.1) is 0 Å². The number of hydrogen-bond acceptors (Lipinski definition) is 2. The molecule has 21 heavy (non-hydrogen) atoms. The van der Waals surface area contributed by atoms with E-state index in [1.165, 1.54) is 0 Å². The summed E-state index contributed by atoms with van der Waals surface area (Å²) in [5, 5.41) is 8.02. The number of aromatic nitrogens is 1. The van der Waals surface area contributed by atoms with Crippen LogP contribution in [0.1, 0.15) is 11.3 Å². The Morgan fingerprint density at radius 3 is 2.57 bits per heavy atom. The maximum atomic E-state index is 6.08. The third kappa shape index (κ3) is 4.45. The molecule has 0 unspecified atom stereocenters. The normalized spacial score (nSPS) is 10.3. The number of benzene rings is 1. The molecule has 0 saturated carbocycles. The molecule has 2 rings (SSSR count). The van der Waals surface area contributed by atoms with Crippen molar-refractivity contribution in [2.24, 2.45) is 0 Å². The fourth-order valence-electron chi connectivity index (χ4n) is 1.62. The third-order valence-corrected chi connectivity index (χ3v) is 4.02. The Labute approximate surface area is 143 Å². The lowest BCUT2D eigenvalue weighted by Gasteiger charge is -2.12. The van der Waals surface area contributed by atoms with Crippen LogP contribution in [0.3, 0.4) is 0 Å². The lowest BCUT2D eigenvalue weighted by atomic mass is 10.2. The van der Waals surface area contributed by atoms with Gasteiger partial charge in [0.1, 0.15) is 0 Å². The molecule has 1 heterocycles. The van der Waals surface area contributed by atoms with E-state index in [0.717, 1.165) is 5.56 Å². The standard InChI is InChI=1S/C14H12Cl3N3S/c1-8-11(16)6-12(17)13(19-8)20-14(21)18-7-9-4-2-3-5-10(9)15/h2-6H,7H2,1H3,(H2,18,19,20,21). The first-order chi connectivity index (χ1) is 9.97. The van der Waals surface area contributed by atoms with E-state index in [1.807, 2.05) is 24.3 Å².